The number of nitrogens with one attached hydrogen (secondary N) is 2. The molecule has 3 rings (SSSR count). The van der Waals surface area contributed by atoms with Crippen molar-refractivity contribution in [2.75, 3.05) is 0 Å². The van der Waals surface area contributed by atoms with Crippen LogP contribution in [-0.2, 0) is 12.8 Å². The summed E-state index contributed by atoms with van der Waals surface area (Å²) < 4.78 is 0. The van der Waals surface area contributed by atoms with Gasteiger partial charge in [-0.3, -0.25) is 4.79 Å². The van der Waals surface area contributed by atoms with E-state index >= 15 is 0 Å². The third kappa shape index (κ3) is 2.77. The Bertz CT molecular complexity index is 716. The zero-order valence-corrected chi connectivity index (χ0v) is 13.9. The Labute approximate surface area is 129 Å². The summed E-state index contributed by atoms with van der Waals surface area (Å²) in [4.78, 5) is 22.5. The van der Waals surface area contributed by atoms with Crippen LogP contribution in [0.15, 0.2) is 4.79 Å². The summed E-state index contributed by atoms with van der Waals surface area (Å²) in [6.45, 7) is 8.52. The lowest BCUT2D eigenvalue weighted by Gasteiger charge is -2.17. The minimum absolute atomic E-state index is 0.0273. The molecule has 2 heterocycles. The predicted molar refractivity (Wildman–Crippen MR) is 88.1 cm³/mol. The summed E-state index contributed by atoms with van der Waals surface area (Å²) in [5.41, 5.74) is 1.28. The number of H-pyrrole nitrogens is 1. The lowest BCUT2D eigenvalue weighted by molar-refractivity contribution is 0.487. The summed E-state index contributed by atoms with van der Waals surface area (Å²) in [6, 6.07) is 0.415. The summed E-state index contributed by atoms with van der Waals surface area (Å²) in [7, 11) is 0. The molecule has 21 heavy (non-hydrogen) atoms. The molecule has 0 unspecified atom stereocenters. The van der Waals surface area contributed by atoms with Gasteiger partial charge in [0.1, 0.15) is 10.7 Å². The molecule has 0 amide bonds. The van der Waals surface area contributed by atoms with E-state index < -0.39 is 0 Å². The minimum Gasteiger partial charge on any atom is -0.309 e. The molecule has 0 spiro atoms. The van der Waals surface area contributed by atoms with Gasteiger partial charge in [0.25, 0.3) is 5.56 Å². The van der Waals surface area contributed by atoms with Gasteiger partial charge >= 0.3 is 0 Å². The number of fused-ring (bicyclic) bond motifs is 3. The van der Waals surface area contributed by atoms with Crippen LogP contribution in [0.3, 0.4) is 0 Å². The Morgan fingerprint density at radius 3 is 2.86 bits per heavy atom. The second-order valence-electron chi connectivity index (χ2n) is 6.53. The van der Waals surface area contributed by atoms with Crippen LogP contribution in [0.5, 0.6) is 0 Å². The average Bonchev–Trinajstić information content (AvgIpc) is 2.75. The molecule has 0 aromatic carbocycles. The molecule has 0 saturated carbocycles. The molecule has 2 aromatic heterocycles. The molecular formula is C16H23N3OS. The van der Waals surface area contributed by atoms with Crippen molar-refractivity contribution in [1.82, 2.24) is 15.3 Å². The van der Waals surface area contributed by atoms with Crippen molar-refractivity contribution in [3.8, 4) is 0 Å². The zero-order valence-electron chi connectivity index (χ0n) is 13.1. The van der Waals surface area contributed by atoms with Crippen molar-refractivity contribution in [3.63, 3.8) is 0 Å². The molecule has 0 bridgehead atoms. The van der Waals surface area contributed by atoms with Crippen LogP contribution in [0.1, 0.15) is 56.4 Å². The molecule has 5 heteroatoms. The number of nitrogens with zero attached hydrogens (tertiary/aromatic N) is 1. The van der Waals surface area contributed by atoms with Crippen molar-refractivity contribution in [2.24, 2.45) is 5.92 Å². The Morgan fingerprint density at radius 2 is 2.14 bits per heavy atom. The number of aromatic nitrogens is 2. The van der Waals surface area contributed by atoms with E-state index in [9.17, 15) is 4.79 Å². The van der Waals surface area contributed by atoms with Crippen LogP contribution in [0, 0.1) is 5.92 Å². The van der Waals surface area contributed by atoms with Crippen LogP contribution in [0.25, 0.3) is 10.2 Å². The topological polar surface area (TPSA) is 57.8 Å². The van der Waals surface area contributed by atoms with E-state index in [-0.39, 0.29) is 11.6 Å². The molecular weight excluding hydrogens is 282 g/mol. The van der Waals surface area contributed by atoms with Crippen molar-refractivity contribution >= 4 is 21.6 Å². The molecule has 2 N–H and O–H groups in total. The highest BCUT2D eigenvalue weighted by molar-refractivity contribution is 7.18. The predicted octanol–water partition coefficient (Wildman–Crippen LogP) is 3.17. The summed E-state index contributed by atoms with van der Waals surface area (Å²) >= 11 is 1.71. The fourth-order valence-electron chi connectivity index (χ4n) is 3.15. The van der Waals surface area contributed by atoms with Crippen molar-refractivity contribution in [1.29, 1.82) is 0 Å². The van der Waals surface area contributed by atoms with Crippen molar-refractivity contribution in [2.45, 2.75) is 59.0 Å². The number of rotatable bonds is 3. The highest BCUT2D eigenvalue weighted by atomic mass is 32.1. The molecule has 1 aliphatic carbocycles. The summed E-state index contributed by atoms with van der Waals surface area (Å²) in [5.74, 6) is 1.46. The number of thiophene rings is 1. The van der Waals surface area contributed by atoms with Gasteiger partial charge in [0.2, 0.25) is 0 Å². The molecule has 4 nitrogen and oxygen atoms in total. The maximum absolute atomic E-state index is 12.5. The molecule has 0 radical (unpaired) electrons. The van der Waals surface area contributed by atoms with Gasteiger partial charge in [-0.1, -0.05) is 20.8 Å². The molecule has 0 saturated heterocycles. The number of aromatic amines is 1. The average molecular weight is 305 g/mol. The zero-order chi connectivity index (χ0) is 15.1. The minimum atomic E-state index is 0.0273. The quantitative estimate of drug-likeness (QED) is 0.915. The van der Waals surface area contributed by atoms with Gasteiger partial charge in [-0.05, 0) is 37.7 Å². The van der Waals surface area contributed by atoms with Crippen LogP contribution in [0.4, 0.5) is 0 Å². The van der Waals surface area contributed by atoms with E-state index in [1.165, 1.54) is 16.9 Å². The SMILES string of the molecule is CC(C)N[C@@H](C)c1nc2sc3c(c2c(=O)[nH]1)CC[C@@H](C)C3. The highest BCUT2D eigenvalue weighted by Gasteiger charge is 2.23. The van der Waals surface area contributed by atoms with Crippen LogP contribution < -0.4 is 10.9 Å². The lowest BCUT2D eigenvalue weighted by Crippen LogP contribution is -2.29. The first-order valence-electron chi connectivity index (χ1n) is 7.76. The monoisotopic (exact) mass is 305 g/mol. The maximum Gasteiger partial charge on any atom is 0.259 e. The fraction of sp³-hybridized carbons (Fsp3) is 0.625. The van der Waals surface area contributed by atoms with Crippen LogP contribution >= 0.6 is 11.3 Å². The van der Waals surface area contributed by atoms with E-state index in [0.717, 1.165) is 28.9 Å². The number of aryl methyl sites for hydroxylation is 1. The Kier molecular flexibility index (Phi) is 3.88. The van der Waals surface area contributed by atoms with Gasteiger partial charge in [0.05, 0.1) is 11.4 Å². The Morgan fingerprint density at radius 1 is 1.38 bits per heavy atom. The molecule has 114 valence electrons. The maximum atomic E-state index is 12.5. The van der Waals surface area contributed by atoms with Gasteiger partial charge in [-0.15, -0.1) is 11.3 Å². The fourth-order valence-corrected chi connectivity index (χ4v) is 4.54. The van der Waals surface area contributed by atoms with Crippen LogP contribution in [0.2, 0.25) is 0 Å². The van der Waals surface area contributed by atoms with Gasteiger partial charge in [-0.2, -0.15) is 0 Å². The second kappa shape index (κ2) is 5.54. The largest absolute Gasteiger partial charge is 0.309 e. The van der Waals surface area contributed by atoms with Gasteiger partial charge < -0.3 is 10.3 Å². The van der Waals surface area contributed by atoms with Gasteiger partial charge in [0.15, 0.2) is 0 Å². The summed E-state index contributed by atoms with van der Waals surface area (Å²) in [5, 5.41) is 4.23. The number of hydrogen-bond donors (Lipinski definition) is 2. The normalized spacial score (nSPS) is 20.0. The molecule has 0 fully saturated rings. The van der Waals surface area contributed by atoms with Gasteiger partial charge in [0, 0.05) is 10.9 Å². The van der Waals surface area contributed by atoms with E-state index in [0.29, 0.717) is 12.0 Å². The Balaban J connectivity index is 2.07. The third-order valence-corrected chi connectivity index (χ3v) is 5.33. The van der Waals surface area contributed by atoms with E-state index in [4.69, 9.17) is 4.98 Å². The van der Waals surface area contributed by atoms with Gasteiger partial charge in [-0.25, -0.2) is 4.98 Å². The second-order valence-corrected chi connectivity index (χ2v) is 7.61. The van der Waals surface area contributed by atoms with E-state index in [1.54, 1.807) is 11.3 Å². The molecule has 2 atom stereocenters. The standard InChI is InChI=1S/C16H23N3OS/c1-8(2)17-10(4)14-18-15(20)13-11-6-5-9(3)7-12(11)21-16(13)19-14/h8-10,17H,5-7H2,1-4H3,(H,18,19,20)/t9-,10+/m1/s1. The first-order chi connectivity index (χ1) is 9.95. The molecule has 2 aromatic rings. The third-order valence-electron chi connectivity index (χ3n) is 4.18. The lowest BCUT2D eigenvalue weighted by atomic mass is 9.89. The van der Waals surface area contributed by atoms with Crippen LogP contribution in [-0.4, -0.2) is 16.0 Å². The smallest absolute Gasteiger partial charge is 0.259 e. The van der Waals surface area contributed by atoms with Crippen molar-refractivity contribution < 1.29 is 0 Å². The Hall–Kier alpha value is -1.20. The molecule has 1 aliphatic rings. The first-order valence-corrected chi connectivity index (χ1v) is 8.58. The van der Waals surface area contributed by atoms with E-state index in [2.05, 4.69) is 31.1 Å². The number of hydrogen-bond acceptors (Lipinski definition) is 4. The molecule has 0 aliphatic heterocycles. The highest BCUT2D eigenvalue weighted by Crippen LogP contribution is 2.35. The van der Waals surface area contributed by atoms with E-state index in [1.807, 2.05) is 6.92 Å². The first kappa shape index (κ1) is 14.7. The van der Waals surface area contributed by atoms with Crippen molar-refractivity contribution in [3.05, 3.63) is 26.6 Å². The summed E-state index contributed by atoms with van der Waals surface area (Å²) in [6.07, 6.45) is 3.27.